The fourth-order valence-electron chi connectivity index (χ4n) is 2.79. The van der Waals surface area contributed by atoms with E-state index in [9.17, 15) is 4.79 Å². The largest absolute Gasteiger partial charge is 0.353 e. The van der Waals surface area contributed by atoms with Gasteiger partial charge in [-0.05, 0) is 46.7 Å². The predicted octanol–water partition coefficient (Wildman–Crippen LogP) is 1.36. The molecule has 1 saturated heterocycles. The molecule has 0 aromatic rings. The van der Waals surface area contributed by atoms with E-state index in [0.717, 1.165) is 13.1 Å². The molecule has 2 atom stereocenters. The number of rotatable bonds is 6. The molecule has 0 aromatic carbocycles. The van der Waals surface area contributed by atoms with Gasteiger partial charge in [-0.15, -0.1) is 0 Å². The lowest BCUT2D eigenvalue weighted by Gasteiger charge is -2.39. The molecule has 4 nitrogen and oxygen atoms in total. The Bertz CT molecular complexity index is 255. The van der Waals surface area contributed by atoms with Crippen LogP contribution in [0.1, 0.15) is 47.0 Å². The molecular weight excluding hydrogens is 226 g/mol. The van der Waals surface area contributed by atoms with E-state index in [2.05, 4.69) is 29.4 Å². The Labute approximate surface area is 111 Å². The van der Waals surface area contributed by atoms with Gasteiger partial charge in [-0.25, -0.2) is 0 Å². The maximum atomic E-state index is 11.9. The minimum absolute atomic E-state index is 0.153. The van der Waals surface area contributed by atoms with Crippen LogP contribution in [0, 0.1) is 0 Å². The number of nitrogens with one attached hydrogen (secondary N) is 2. The summed E-state index contributed by atoms with van der Waals surface area (Å²) in [6.07, 6.45) is 3.69. The Morgan fingerprint density at radius 1 is 1.33 bits per heavy atom. The normalized spacial score (nSPS) is 23.1. The minimum atomic E-state index is 0.153. The summed E-state index contributed by atoms with van der Waals surface area (Å²) in [5, 5.41) is 6.47. The van der Waals surface area contributed by atoms with Crippen molar-refractivity contribution in [2.45, 2.75) is 65.1 Å². The molecule has 0 saturated carbocycles. The van der Waals surface area contributed by atoms with Crippen molar-refractivity contribution in [1.29, 1.82) is 0 Å². The van der Waals surface area contributed by atoms with Crippen molar-refractivity contribution in [1.82, 2.24) is 15.5 Å². The van der Waals surface area contributed by atoms with Crippen LogP contribution in [0.25, 0.3) is 0 Å². The van der Waals surface area contributed by atoms with Crippen molar-refractivity contribution < 1.29 is 4.79 Å². The number of amides is 1. The molecule has 1 aliphatic heterocycles. The van der Waals surface area contributed by atoms with Gasteiger partial charge in [0.05, 0.1) is 6.54 Å². The van der Waals surface area contributed by atoms with Gasteiger partial charge in [-0.3, -0.25) is 9.69 Å². The summed E-state index contributed by atoms with van der Waals surface area (Å²) in [6.45, 7) is 11.0. The Balaban J connectivity index is 2.51. The number of piperidine rings is 1. The van der Waals surface area contributed by atoms with E-state index in [0.29, 0.717) is 18.6 Å². The van der Waals surface area contributed by atoms with E-state index < -0.39 is 0 Å². The second kappa shape index (κ2) is 7.74. The van der Waals surface area contributed by atoms with E-state index in [1.807, 2.05) is 13.8 Å². The fourth-order valence-corrected chi connectivity index (χ4v) is 2.79. The van der Waals surface area contributed by atoms with Crippen LogP contribution in [-0.4, -0.2) is 48.6 Å². The Morgan fingerprint density at radius 2 is 2.06 bits per heavy atom. The number of nitrogens with zero attached hydrogens (tertiary/aromatic N) is 1. The summed E-state index contributed by atoms with van der Waals surface area (Å²) in [7, 11) is 0. The van der Waals surface area contributed by atoms with Crippen LogP contribution in [0.3, 0.4) is 0 Å². The van der Waals surface area contributed by atoms with E-state index in [1.54, 1.807) is 0 Å². The van der Waals surface area contributed by atoms with Crippen molar-refractivity contribution in [3.05, 3.63) is 0 Å². The van der Waals surface area contributed by atoms with Gasteiger partial charge in [-0.2, -0.15) is 0 Å². The summed E-state index contributed by atoms with van der Waals surface area (Å²) in [6, 6.07) is 1.19. The molecule has 0 aromatic heterocycles. The van der Waals surface area contributed by atoms with Crippen LogP contribution in [-0.2, 0) is 4.79 Å². The van der Waals surface area contributed by atoms with E-state index in [-0.39, 0.29) is 11.9 Å². The lowest BCUT2D eigenvalue weighted by Crippen LogP contribution is -2.54. The first-order chi connectivity index (χ1) is 8.54. The molecule has 18 heavy (non-hydrogen) atoms. The molecule has 1 heterocycles. The molecule has 106 valence electrons. The topological polar surface area (TPSA) is 44.4 Å². The maximum Gasteiger partial charge on any atom is 0.234 e. The number of likely N-dealkylation sites (N-methyl/N-ethyl adjacent to an activating group) is 1. The van der Waals surface area contributed by atoms with Gasteiger partial charge in [-0.1, -0.05) is 13.3 Å². The second-order valence-corrected chi connectivity index (χ2v) is 5.60. The summed E-state index contributed by atoms with van der Waals surface area (Å²) in [4.78, 5) is 14.2. The second-order valence-electron chi connectivity index (χ2n) is 5.60. The Morgan fingerprint density at radius 3 is 2.67 bits per heavy atom. The summed E-state index contributed by atoms with van der Waals surface area (Å²) in [5.41, 5.74) is 0. The molecule has 0 radical (unpaired) electrons. The summed E-state index contributed by atoms with van der Waals surface area (Å²) >= 11 is 0. The smallest absolute Gasteiger partial charge is 0.234 e. The molecule has 1 amide bonds. The van der Waals surface area contributed by atoms with Crippen LogP contribution in [0.15, 0.2) is 0 Å². The van der Waals surface area contributed by atoms with Gasteiger partial charge in [0.2, 0.25) is 5.91 Å². The quantitative estimate of drug-likeness (QED) is 0.753. The van der Waals surface area contributed by atoms with Crippen LogP contribution in [0.5, 0.6) is 0 Å². The monoisotopic (exact) mass is 255 g/mol. The van der Waals surface area contributed by atoms with Crippen molar-refractivity contribution >= 4 is 5.91 Å². The maximum absolute atomic E-state index is 11.9. The minimum Gasteiger partial charge on any atom is -0.353 e. The molecule has 0 spiro atoms. The summed E-state index contributed by atoms with van der Waals surface area (Å²) < 4.78 is 0. The lowest BCUT2D eigenvalue weighted by molar-refractivity contribution is -0.123. The van der Waals surface area contributed by atoms with Crippen LogP contribution >= 0.6 is 0 Å². The Kier molecular flexibility index (Phi) is 6.65. The molecule has 4 heteroatoms. The molecule has 1 rings (SSSR count). The third-order valence-corrected chi connectivity index (χ3v) is 3.56. The average molecular weight is 255 g/mol. The SMILES string of the molecule is CCNC(C)C1CCCCN1CC(=O)NC(C)C. The highest BCUT2D eigenvalue weighted by Gasteiger charge is 2.28. The number of carbonyl (C=O) groups is 1. The van der Waals surface area contributed by atoms with E-state index in [4.69, 9.17) is 0 Å². The molecule has 1 fully saturated rings. The first-order valence-corrected chi connectivity index (χ1v) is 7.31. The molecule has 0 bridgehead atoms. The molecular formula is C14H29N3O. The fraction of sp³-hybridized carbons (Fsp3) is 0.929. The van der Waals surface area contributed by atoms with Crippen LogP contribution < -0.4 is 10.6 Å². The third kappa shape index (κ3) is 4.94. The first-order valence-electron chi connectivity index (χ1n) is 7.31. The van der Waals surface area contributed by atoms with Crippen LogP contribution in [0.2, 0.25) is 0 Å². The highest BCUT2D eigenvalue weighted by molar-refractivity contribution is 5.78. The number of hydrogen-bond acceptors (Lipinski definition) is 3. The lowest BCUT2D eigenvalue weighted by atomic mass is 9.96. The zero-order chi connectivity index (χ0) is 13.5. The van der Waals surface area contributed by atoms with Crippen molar-refractivity contribution in [3.8, 4) is 0 Å². The average Bonchev–Trinajstić information content (AvgIpc) is 2.28. The van der Waals surface area contributed by atoms with Crippen LogP contribution in [0.4, 0.5) is 0 Å². The predicted molar refractivity (Wildman–Crippen MR) is 75.6 cm³/mol. The van der Waals surface area contributed by atoms with Gasteiger partial charge in [0.1, 0.15) is 0 Å². The standard InChI is InChI=1S/C14H29N3O/c1-5-15-12(4)13-8-6-7-9-17(13)10-14(18)16-11(2)3/h11-13,15H,5-10H2,1-4H3,(H,16,18). The third-order valence-electron chi connectivity index (χ3n) is 3.56. The highest BCUT2D eigenvalue weighted by Crippen LogP contribution is 2.19. The van der Waals surface area contributed by atoms with Crippen molar-refractivity contribution in [2.24, 2.45) is 0 Å². The van der Waals surface area contributed by atoms with Crippen molar-refractivity contribution in [2.75, 3.05) is 19.6 Å². The summed E-state index contributed by atoms with van der Waals surface area (Å²) in [5.74, 6) is 0.153. The van der Waals surface area contributed by atoms with E-state index >= 15 is 0 Å². The molecule has 2 unspecified atom stereocenters. The van der Waals surface area contributed by atoms with Gasteiger partial charge in [0.25, 0.3) is 0 Å². The number of carbonyl (C=O) groups excluding carboxylic acids is 1. The number of likely N-dealkylation sites (tertiary alicyclic amines) is 1. The molecule has 1 aliphatic rings. The molecule has 2 N–H and O–H groups in total. The Hall–Kier alpha value is -0.610. The van der Waals surface area contributed by atoms with Gasteiger partial charge >= 0.3 is 0 Å². The number of hydrogen-bond donors (Lipinski definition) is 2. The van der Waals surface area contributed by atoms with Gasteiger partial charge in [0, 0.05) is 18.1 Å². The highest BCUT2D eigenvalue weighted by atomic mass is 16.2. The first kappa shape index (κ1) is 15.4. The van der Waals surface area contributed by atoms with Gasteiger partial charge in [0.15, 0.2) is 0 Å². The zero-order valence-corrected chi connectivity index (χ0v) is 12.3. The van der Waals surface area contributed by atoms with E-state index in [1.165, 1.54) is 19.3 Å². The van der Waals surface area contributed by atoms with Crippen molar-refractivity contribution in [3.63, 3.8) is 0 Å². The van der Waals surface area contributed by atoms with Gasteiger partial charge < -0.3 is 10.6 Å². The zero-order valence-electron chi connectivity index (χ0n) is 12.3. The molecule has 0 aliphatic carbocycles.